The Morgan fingerprint density at radius 2 is 1.79 bits per heavy atom. The van der Waals surface area contributed by atoms with Crippen LogP contribution in [0.15, 0.2) is 53.7 Å². The molecule has 0 spiro atoms. The van der Waals surface area contributed by atoms with Crippen molar-refractivity contribution in [2.75, 3.05) is 6.26 Å². The number of hydrogen-bond acceptors (Lipinski definition) is 2. The maximum absolute atomic E-state index is 4.10. The van der Waals surface area contributed by atoms with E-state index >= 15 is 0 Å². The molecule has 2 rings (SSSR count). The third kappa shape index (κ3) is 1.96. The third-order valence-corrected chi connectivity index (χ3v) is 2.83. The van der Waals surface area contributed by atoms with E-state index in [0.29, 0.717) is 0 Å². The average Bonchev–Trinajstić information content (AvgIpc) is 2.30. The van der Waals surface area contributed by atoms with E-state index in [4.69, 9.17) is 0 Å². The number of pyridine rings is 1. The van der Waals surface area contributed by atoms with Gasteiger partial charge in [0.1, 0.15) is 0 Å². The summed E-state index contributed by atoms with van der Waals surface area (Å²) < 4.78 is 0. The predicted octanol–water partition coefficient (Wildman–Crippen LogP) is 3.47. The fourth-order valence-corrected chi connectivity index (χ4v) is 1.73. The van der Waals surface area contributed by atoms with Gasteiger partial charge in [-0.2, -0.15) is 0 Å². The molecule has 0 aliphatic heterocycles. The molecule has 0 atom stereocenters. The Hall–Kier alpha value is -1.28. The third-order valence-electron chi connectivity index (χ3n) is 2.08. The maximum Gasteiger partial charge on any atom is 0.0346 e. The summed E-state index contributed by atoms with van der Waals surface area (Å²) >= 11 is 1.76. The van der Waals surface area contributed by atoms with Crippen molar-refractivity contribution in [3.63, 3.8) is 0 Å². The van der Waals surface area contributed by atoms with Gasteiger partial charge in [-0.3, -0.25) is 4.98 Å². The zero-order valence-corrected chi connectivity index (χ0v) is 8.79. The quantitative estimate of drug-likeness (QED) is 0.690. The van der Waals surface area contributed by atoms with Gasteiger partial charge in [-0.15, -0.1) is 11.8 Å². The summed E-state index contributed by atoms with van der Waals surface area (Å²) in [6, 6.07) is 12.5. The van der Waals surface area contributed by atoms with Crippen LogP contribution in [0.1, 0.15) is 0 Å². The van der Waals surface area contributed by atoms with E-state index in [2.05, 4.69) is 41.6 Å². The molecule has 14 heavy (non-hydrogen) atoms. The monoisotopic (exact) mass is 201 g/mol. The molecular weight excluding hydrogens is 190 g/mol. The highest BCUT2D eigenvalue weighted by atomic mass is 32.2. The number of benzene rings is 1. The predicted molar refractivity (Wildman–Crippen MR) is 61.5 cm³/mol. The first-order valence-electron chi connectivity index (χ1n) is 4.44. The van der Waals surface area contributed by atoms with Crippen molar-refractivity contribution < 1.29 is 0 Å². The summed E-state index contributed by atoms with van der Waals surface area (Å²) in [5.41, 5.74) is 2.39. The first-order chi connectivity index (χ1) is 6.90. The number of nitrogens with zero attached hydrogens (tertiary/aromatic N) is 1. The summed E-state index contributed by atoms with van der Waals surface area (Å²) in [4.78, 5) is 5.39. The molecule has 2 heteroatoms. The molecule has 0 aliphatic rings. The lowest BCUT2D eigenvalue weighted by atomic mass is 10.1. The van der Waals surface area contributed by atoms with E-state index in [1.807, 2.05) is 12.3 Å². The van der Waals surface area contributed by atoms with Crippen LogP contribution >= 0.6 is 11.8 Å². The van der Waals surface area contributed by atoms with Gasteiger partial charge in [0.15, 0.2) is 0 Å². The van der Waals surface area contributed by atoms with E-state index in [9.17, 15) is 0 Å². The van der Waals surface area contributed by atoms with E-state index < -0.39 is 0 Å². The van der Waals surface area contributed by atoms with Gasteiger partial charge in [-0.1, -0.05) is 18.2 Å². The van der Waals surface area contributed by atoms with Gasteiger partial charge >= 0.3 is 0 Å². The van der Waals surface area contributed by atoms with Crippen LogP contribution in [0.25, 0.3) is 11.1 Å². The summed E-state index contributed by atoms with van der Waals surface area (Å²) in [6.45, 7) is 0. The van der Waals surface area contributed by atoms with Crippen LogP contribution in [0.5, 0.6) is 0 Å². The number of rotatable bonds is 2. The van der Waals surface area contributed by atoms with E-state index in [1.54, 1.807) is 18.0 Å². The van der Waals surface area contributed by atoms with Gasteiger partial charge in [0, 0.05) is 17.3 Å². The van der Waals surface area contributed by atoms with Crippen LogP contribution in [0.4, 0.5) is 0 Å². The molecule has 0 N–H and O–H groups in total. The van der Waals surface area contributed by atoms with Crippen molar-refractivity contribution >= 4 is 11.8 Å². The average molecular weight is 201 g/mol. The summed E-state index contributed by atoms with van der Waals surface area (Å²) in [5, 5.41) is 0. The number of thioether (sulfide) groups is 1. The molecule has 0 bridgehead atoms. The highest BCUT2D eigenvalue weighted by Gasteiger charge is 1.96. The van der Waals surface area contributed by atoms with E-state index in [1.165, 1.54) is 16.0 Å². The first kappa shape index (κ1) is 9.28. The lowest BCUT2D eigenvalue weighted by Crippen LogP contribution is -1.78. The molecule has 2 aromatic rings. The van der Waals surface area contributed by atoms with Gasteiger partial charge in [-0.25, -0.2) is 0 Å². The fourth-order valence-electron chi connectivity index (χ4n) is 1.32. The van der Waals surface area contributed by atoms with Crippen LogP contribution in [-0.2, 0) is 0 Å². The van der Waals surface area contributed by atoms with E-state index in [0.717, 1.165) is 0 Å². The van der Waals surface area contributed by atoms with Crippen LogP contribution in [-0.4, -0.2) is 11.2 Å². The Labute approximate surface area is 88.2 Å². The first-order valence-corrected chi connectivity index (χ1v) is 5.67. The lowest BCUT2D eigenvalue weighted by molar-refractivity contribution is 1.33. The highest BCUT2D eigenvalue weighted by molar-refractivity contribution is 7.98. The number of aromatic nitrogens is 1. The Morgan fingerprint density at radius 1 is 1.00 bits per heavy atom. The minimum Gasteiger partial charge on any atom is -0.264 e. The molecule has 0 amide bonds. The standard InChI is InChI=1S/C12H11NS/c1-14-12-6-4-10(5-7-12)11-3-2-8-13-9-11/h2-9H,1H3. The lowest BCUT2D eigenvalue weighted by Gasteiger charge is -2.01. The molecule has 0 fully saturated rings. The summed E-state index contributed by atoms with van der Waals surface area (Å²) in [7, 11) is 0. The summed E-state index contributed by atoms with van der Waals surface area (Å²) in [6.07, 6.45) is 5.76. The van der Waals surface area contributed by atoms with Crippen molar-refractivity contribution in [1.82, 2.24) is 4.98 Å². The number of hydrogen-bond donors (Lipinski definition) is 0. The van der Waals surface area contributed by atoms with Gasteiger partial charge in [-0.05, 0) is 35.6 Å². The van der Waals surface area contributed by atoms with Crippen molar-refractivity contribution in [3.05, 3.63) is 48.8 Å². The Kier molecular flexibility index (Phi) is 2.84. The van der Waals surface area contributed by atoms with Crippen molar-refractivity contribution in [3.8, 4) is 11.1 Å². The Morgan fingerprint density at radius 3 is 2.36 bits per heavy atom. The van der Waals surface area contributed by atoms with Crippen molar-refractivity contribution in [2.45, 2.75) is 4.90 Å². The SMILES string of the molecule is CSc1ccc(-c2cccnc2)cc1. The molecule has 0 saturated heterocycles. The van der Waals surface area contributed by atoms with Gasteiger partial charge < -0.3 is 0 Å². The zero-order valence-electron chi connectivity index (χ0n) is 7.97. The smallest absolute Gasteiger partial charge is 0.0346 e. The minimum atomic E-state index is 1.17. The molecule has 1 aromatic carbocycles. The molecule has 0 aliphatic carbocycles. The second-order valence-electron chi connectivity index (χ2n) is 2.97. The zero-order chi connectivity index (χ0) is 9.80. The molecule has 0 saturated carbocycles. The largest absolute Gasteiger partial charge is 0.264 e. The molecule has 1 heterocycles. The summed E-state index contributed by atoms with van der Waals surface area (Å²) in [5.74, 6) is 0. The second-order valence-corrected chi connectivity index (χ2v) is 3.85. The van der Waals surface area contributed by atoms with Crippen molar-refractivity contribution in [2.24, 2.45) is 0 Å². The maximum atomic E-state index is 4.10. The molecule has 0 radical (unpaired) electrons. The minimum absolute atomic E-state index is 1.17. The van der Waals surface area contributed by atoms with Crippen LogP contribution in [0.2, 0.25) is 0 Å². The second kappa shape index (κ2) is 4.29. The topological polar surface area (TPSA) is 12.9 Å². The van der Waals surface area contributed by atoms with E-state index in [-0.39, 0.29) is 0 Å². The van der Waals surface area contributed by atoms with Crippen molar-refractivity contribution in [1.29, 1.82) is 0 Å². The van der Waals surface area contributed by atoms with Crippen LogP contribution < -0.4 is 0 Å². The van der Waals surface area contributed by atoms with Crippen LogP contribution in [0, 0.1) is 0 Å². The molecule has 70 valence electrons. The fraction of sp³-hybridized carbons (Fsp3) is 0.0833. The highest BCUT2D eigenvalue weighted by Crippen LogP contribution is 2.21. The molecule has 1 nitrogen and oxygen atoms in total. The molecule has 1 aromatic heterocycles. The Balaban J connectivity index is 2.34. The van der Waals surface area contributed by atoms with Crippen LogP contribution in [0.3, 0.4) is 0 Å². The molecular formula is C12H11NS. The Bertz CT molecular complexity index is 394. The van der Waals surface area contributed by atoms with Gasteiger partial charge in [0.2, 0.25) is 0 Å². The van der Waals surface area contributed by atoms with Gasteiger partial charge in [0.05, 0.1) is 0 Å². The molecule has 0 unspecified atom stereocenters. The normalized spacial score (nSPS) is 10.1. The van der Waals surface area contributed by atoms with Gasteiger partial charge in [0.25, 0.3) is 0 Å².